The number of halogens is 3. The van der Waals surface area contributed by atoms with Crippen LogP contribution in [0.5, 0.6) is 0 Å². The highest BCUT2D eigenvalue weighted by molar-refractivity contribution is 5.85. The normalized spacial score (nSPS) is 28.2. The molecule has 1 aliphatic carbocycles. The molecule has 1 rings (SSSR count). The zero-order chi connectivity index (χ0) is 14.1. The summed E-state index contributed by atoms with van der Waals surface area (Å²) in [4.78, 5) is 23.4. The predicted molar refractivity (Wildman–Crippen MR) is 56.7 cm³/mol. The number of hydrogen-bond donors (Lipinski definition) is 1. The number of amides is 1. The molecular formula is C11H16F3NO3. The molecule has 1 aliphatic rings. The Bertz CT molecular complexity index is 343. The Labute approximate surface area is 103 Å². The number of carbonyl (C=O) groups is 2. The standard InChI is InChI=1S/C11H16F3NO3/c1-6-3-7(8(4-6)10(17)18)9(16)15(2)5-11(12,13)14/h6-8H,3-5H2,1-2H3,(H,17,18). The fraction of sp³-hybridized carbons (Fsp3) is 0.818. The summed E-state index contributed by atoms with van der Waals surface area (Å²) in [6.07, 6.45) is -3.79. The quantitative estimate of drug-likeness (QED) is 0.847. The van der Waals surface area contributed by atoms with E-state index < -0.39 is 36.4 Å². The third-order valence-corrected chi connectivity index (χ3v) is 3.23. The Morgan fingerprint density at radius 2 is 1.78 bits per heavy atom. The van der Waals surface area contributed by atoms with Crippen molar-refractivity contribution >= 4 is 11.9 Å². The number of alkyl halides is 3. The molecule has 0 aliphatic heterocycles. The molecule has 0 heterocycles. The fourth-order valence-corrected chi connectivity index (χ4v) is 2.47. The minimum Gasteiger partial charge on any atom is -0.481 e. The van der Waals surface area contributed by atoms with Crippen molar-refractivity contribution in [2.24, 2.45) is 17.8 Å². The van der Waals surface area contributed by atoms with Crippen molar-refractivity contribution in [2.45, 2.75) is 25.9 Å². The van der Waals surface area contributed by atoms with Gasteiger partial charge < -0.3 is 10.0 Å². The molecule has 0 bridgehead atoms. The van der Waals surface area contributed by atoms with Crippen molar-refractivity contribution in [2.75, 3.05) is 13.6 Å². The predicted octanol–water partition coefficient (Wildman–Crippen LogP) is 1.75. The van der Waals surface area contributed by atoms with E-state index >= 15 is 0 Å². The van der Waals surface area contributed by atoms with Crippen molar-refractivity contribution in [1.82, 2.24) is 4.90 Å². The van der Waals surface area contributed by atoms with Crippen LogP contribution in [0.25, 0.3) is 0 Å². The molecule has 1 fully saturated rings. The molecule has 0 saturated heterocycles. The van der Waals surface area contributed by atoms with Gasteiger partial charge in [-0.2, -0.15) is 13.2 Å². The van der Waals surface area contributed by atoms with Gasteiger partial charge in [0.2, 0.25) is 5.91 Å². The van der Waals surface area contributed by atoms with Crippen LogP contribution in [0.4, 0.5) is 13.2 Å². The Balaban J connectivity index is 2.73. The minimum atomic E-state index is -4.46. The second kappa shape index (κ2) is 5.16. The third-order valence-electron chi connectivity index (χ3n) is 3.23. The van der Waals surface area contributed by atoms with E-state index in [1.807, 2.05) is 0 Å². The molecule has 1 N–H and O–H groups in total. The number of rotatable bonds is 3. The van der Waals surface area contributed by atoms with Crippen LogP contribution < -0.4 is 0 Å². The van der Waals surface area contributed by atoms with Gasteiger partial charge in [0.25, 0.3) is 0 Å². The van der Waals surface area contributed by atoms with E-state index in [0.717, 1.165) is 7.05 Å². The molecule has 1 amide bonds. The summed E-state index contributed by atoms with van der Waals surface area (Å²) in [7, 11) is 1.05. The lowest BCUT2D eigenvalue weighted by Crippen LogP contribution is -2.41. The highest BCUT2D eigenvalue weighted by Crippen LogP contribution is 2.37. The van der Waals surface area contributed by atoms with Crippen LogP contribution in [0, 0.1) is 17.8 Å². The highest BCUT2D eigenvalue weighted by Gasteiger charge is 2.43. The van der Waals surface area contributed by atoms with Crippen molar-refractivity contribution < 1.29 is 27.9 Å². The van der Waals surface area contributed by atoms with Crippen molar-refractivity contribution in [3.63, 3.8) is 0 Å². The van der Waals surface area contributed by atoms with Gasteiger partial charge in [-0.05, 0) is 18.8 Å². The number of carboxylic acid groups (broad SMARTS) is 1. The van der Waals surface area contributed by atoms with Crippen molar-refractivity contribution in [3.8, 4) is 0 Å². The average Bonchev–Trinajstić information content (AvgIpc) is 2.56. The van der Waals surface area contributed by atoms with Crippen molar-refractivity contribution in [1.29, 1.82) is 0 Å². The molecule has 0 aromatic heterocycles. The van der Waals surface area contributed by atoms with E-state index in [2.05, 4.69) is 0 Å². The van der Waals surface area contributed by atoms with Gasteiger partial charge >= 0.3 is 12.1 Å². The van der Waals surface area contributed by atoms with Gasteiger partial charge in [0.15, 0.2) is 0 Å². The van der Waals surface area contributed by atoms with Gasteiger partial charge in [-0.15, -0.1) is 0 Å². The number of nitrogens with zero attached hydrogens (tertiary/aromatic N) is 1. The smallest absolute Gasteiger partial charge is 0.406 e. The summed E-state index contributed by atoms with van der Waals surface area (Å²) in [5, 5.41) is 8.97. The summed E-state index contributed by atoms with van der Waals surface area (Å²) in [6, 6.07) is 0. The molecule has 0 aromatic rings. The topological polar surface area (TPSA) is 57.6 Å². The van der Waals surface area contributed by atoms with E-state index in [4.69, 9.17) is 5.11 Å². The van der Waals surface area contributed by atoms with Crippen LogP contribution in [0.2, 0.25) is 0 Å². The molecule has 1 saturated carbocycles. The van der Waals surface area contributed by atoms with Crippen molar-refractivity contribution in [3.05, 3.63) is 0 Å². The van der Waals surface area contributed by atoms with Gasteiger partial charge in [0.1, 0.15) is 6.54 Å². The van der Waals surface area contributed by atoms with E-state index in [1.54, 1.807) is 6.92 Å². The lowest BCUT2D eigenvalue weighted by Gasteiger charge is -2.24. The molecule has 7 heteroatoms. The van der Waals surface area contributed by atoms with Crippen LogP contribution in [-0.2, 0) is 9.59 Å². The molecule has 3 unspecified atom stereocenters. The minimum absolute atomic E-state index is 0.0411. The van der Waals surface area contributed by atoms with E-state index in [1.165, 1.54) is 0 Å². The SMILES string of the molecule is CC1CC(C(=O)O)C(C(=O)N(C)CC(F)(F)F)C1. The molecule has 104 valence electrons. The largest absolute Gasteiger partial charge is 0.481 e. The maximum atomic E-state index is 12.2. The first kappa shape index (κ1) is 14.8. The summed E-state index contributed by atoms with van der Waals surface area (Å²) in [6.45, 7) is 0.454. The Hall–Kier alpha value is -1.27. The maximum absolute atomic E-state index is 12.2. The maximum Gasteiger partial charge on any atom is 0.406 e. The zero-order valence-electron chi connectivity index (χ0n) is 10.2. The first-order chi connectivity index (χ1) is 8.11. The first-order valence-corrected chi connectivity index (χ1v) is 5.66. The Morgan fingerprint density at radius 3 is 2.22 bits per heavy atom. The number of carboxylic acids is 1. The third kappa shape index (κ3) is 3.61. The second-order valence-corrected chi connectivity index (χ2v) is 4.94. The van der Waals surface area contributed by atoms with Crippen LogP contribution in [0.15, 0.2) is 0 Å². The second-order valence-electron chi connectivity index (χ2n) is 4.94. The molecule has 0 aromatic carbocycles. The summed E-state index contributed by atoms with van der Waals surface area (Å²) in [5.41, 5.74) is 0. The Kier molecular flexibility index (Phi) is 4.24. The molecule has 0 spiro atoms. The van der Waals surface area contributed by atoms with E-state index in [9.17, 15) is 22.8 Å². The van der Waals surface area contributed by atoms with E-state index in [0.29, 0.717) is 17.7 Å². The fourth-order valence-electron chi connectivity index (χ4n) is 2.47. The monoisotopic (exact) mass is 267 g/mol. The summed E-state index contributed by atoms with van der Waals surface area (Å²) >= 11 is 0. The zero-order valence-corrected chi connectivity index (χ0v) is 10.2. The number of carbonyl (C=O) groups excluding carboxylic acids is 1. The van der Waals surface area contributed by atoms with Crippen LogP contribution in [-0.4, -0.2) is 41.7 Å². The lowest BCUT2D eigenvalue weighted by molar-refractivity contribution is -0.163. The number of aliphatic carboxylic acids is 1. The van der Waals surface area contributed by atoms with E-state index in [-0.39, 0.29) is 5.92 Å². The van der Waals surface area contributed by atoms with Gasteiger partial charge in [-0.25, -0.2) is 0 Å². The average molecular weight is 267 g/mol. The van der Waals surface area contributed by atoms with Crippen LogP contribution >= 0.6 is 0 Å². The molecule has 4 nitrogen and oxygen atoms in total. The van der Waals surface area contributed by atoms with Gasteiger partial charge in [0.05, 0.1) is 11.8 Å². The summed E-state index contributed by atoms with van der Waals surface area (Å²) < 4.78 is 36.5. The van der Waals surface area contributed by atoms with Crippen LogP contribution in [0.1, 0.15) is 19.8 Å². The molecular weight excluding hydrogens is 251 g/mol. The highest BCUT2D eigenvalue weighted by atomic mass is 19.4. The Morgan fingerprint density at radius 1 is 1.28 bits per heavy atom. The first-order valence-electron chi connectivity index (χ1n) is 5.66. The van der Waals surface area contributed by atoms with Gasteiger partial charge in [-0.3, -0.25) is 9.59 Å². The van der Waals surface area contributed by atoms with Gasteiger partial charge in [0, 0.05) is 7.05 Å². The summed E-state index contributed by atoms with van der Waals surface area (Å²) in [5.74, 6) is -3.52. The molecule has 18 heavy (non-hydrogen) atoms. The van der Waals surface area contributed by atoms with Crippen LogP contribution in [0.3, 0.4) is 0 Å². The molecule has 0 radical (unpaired) electrons. The molecule has 3 atom stereocenters. The van der Waals surface area contributed by atoms with Gasteiger partial charge in [-0.1, -0.05) is 6.92 Å². The lowest BCUT2D eigenvalue weighted by atomic mass is 9.95. The number of hydrogen-bond acceptors (Lipinski definition) is 2.